The van der Waals surface area contributed by atoms with Gasteiger partial charge in [0.1, 0.15) is 5.56 Å². The second kappa shape index (κ2) is 6.89. The molecule has 1 fully saturated rings. The molecule has 0 atom stereocenters. The minimum absolute atomic E-state index is 0.124. The van der Waals surface area contributed by atoms with Crippen LogP contribution in [0.1, 0.15) is 40.9 Å². The van der Waals surface area contributed by atoms with Crippen LogP contribution in [0.5, 0.6) is 0 Å². The number of amides is 1. The summed E-state index contributed by atoms with van der Waals surface area (Å²) in [4.78, 5) is 29.2. The van der Waals surface area contributed by atoms with Gasteiger partial charge in [0.05, 0.1) is 0 Å². The fourth-order valence-electron chi connectivity index (χ4n) is 3.05. The van der Waals surface area contributed by atoms with Crippen LogP contribution in [0.3, 0.4) is 0 Å². The van der Waals surface area contributed by atoms with Crippen LogP contribution in [0.2, 0.25) is 0 Å². The summed E-state index contributed by atoms with van der Waals surface area (Å²) < 4.78 is 0. The Balaban J connectivity index is 2.04. The van der Waals surface area contributed by atoms with Crippen LogP contribution in [0.15, 0.2) is 10.9 Å². The monoisotopic (exact) mass is 291 g/mol. The number of hydrogen-bond donors (Lipinski definition) is 2. The minimum atomic E-state index is -0.269. The Hall–Kier alpha value is -1.62. The Morgan fingerprint density at radius 1 is 1.38 bits per heavy atom. The maximum Gasteiger partial charge on any atom is 0.261 e. The lowest BCUT2D eigenvalue weighted by Crippen LogP contribution is -2.41. The highest BCUT2D eigenvalue weighted by atomic mass is 16.2. The number of likely N-dealkylation sites (tertiary alicyclic amines) is 1. The number of nitrogens with zero attached hydrogens (tertiary/aromatic N) is 1. The molecular weight excluding hydrogens is 266 g/mol. The van der Waals surface area contributed by atoms with Crippen molar-refractivity contribution in [2.45, 2.75) is 33.1 Å². The molecule has 2 heterocycles. The number of pyridine rings is 1. The molecule has 0 aliphatic carbocycles. The van der Waals surface area contributed by atoms with Crippen molar-refractivity contribution < 1.29 is 4.79 Å². The number of H-pyrrole nitrogens is 1. The second-order valence-electron chi connectivity index (χ2n) is 5.97. The van der Waals surface area contributed by atoms with Gasteiger partial charge in [-0.05, 0) is 64.3 Å². The molecule has 0 aromatic carbocycles. The van der Waals surface area contributed by atoms with Crippen molar-refractivity contribution >= 4 is 5.91 Å². The molecule has 0 bridgehead atoms. The van der Waals surface area contributed by atoms with Crippen LogP contribution in [-0.2, 0) is 0 Å². The number of carbonyl (C=O) groups is 1. The summed E-state index contributed by atoms with van der Waals surface area (Å²) in [6.07, 6.45) is 3.20. The van der Waals surface area contributed by atoms with Gasteiger partial charge in [-0.25, -0.2) is 0 Å². The number of rotatable bonds is 4. The summed E-state index contributed by atoms with van der Waals surface area (Å²) in [5, 5.41) is 3.17. The largest absolute Gasteiger partial charge is 0.338 e. The lowest BCUT2D eigenvalue weighted by Gasteiger charge is -2.32. The number of aromatic nitrogens is 1. The molecular formula is C16H25N3O2. The fourth-order valence-corrected chi connectivity index (χ4v) is 3.05. The summed E-state index contributed by atoms with van der Waals surface area (Å²) in [5.74, 6) is 0.555. The average molecular weight is 291 g/mol. The third-order valence-electron chi connectivity index (χ3n) is 4.28. The van der Waals surface area contributed by atoms with Crippen molar-refractivity contribution in [1.29, 1.82) is 0 Å². The van der Waals surface area contributed by atoms with E-state index in [0.717, 1.165) is 50.2 Å². The maximum absolute atomic E-state index is 12.6. The molecule has 2 N–H and O–H groups in total. The number of aryl methyl sites for hydroxylation is 2. The summed E-state index contributed by atoms with van der Waals surface area (Å²) >= 11 is 0. The summed E-state index contributed by atoms with van der Waals surface area (Å²) in [5.41, 5.74) is 1.59. The first-order valence-corrected chi connectivity index (χ1v) is 7.67. The first-order valence-electron chi connectivity index (χ1n) is 7.67. The molecule has 2 rings (SSSR count). The molecule has 0 saturated carbocycles. The van der Waals surface area contributed by atoms with Gasteiger partial charge in [0.25, 0.3) is 11.5 Å². The van der Waals surface area contributed by atoms with E-state index >= 15 is 0 Å². The second-order valence-corrected chi connectivity index (χ2v) is 5.97. The highest BCUT2D eigenvalue weighted by Gasteiger charge is 2.26. The standard InChI is InChI=1S/C16H25N3O2/c1-11-10-12(2)18-15(20)14(11)16(21)19-8-5-13(6-9-19)4-7-17-3/h10,13,17H,4-9H2,1-3H3,(H,18,20). The highest BCUT2D eigenvalue weighted by molar-refractivity contribution is 5.95. The normalized spacial score (nSPS) is 16.2. The molecule has 1 aliphatic rings. The Labute approximate surface area is 125 Å². The minimum Gasteiger partial charge on any atom is -0.338 e. The Bertz CT molecular complexity index is 557. The molecule has 0 radical (unpaired) electrons. The molecule has 1 aromatic heterocycles. The maximum atomic E-state index is 12.6. The quantitative estimate of drug-likeness (QED) is 0.882. The SMILES string of the molecule is CNCCC1CCN(C(=O)c2c(C)cc(C)[nH]c2=O)CC1. The van der Waals surface area contributed by atoms with E-state index in [2.05, 4.69) is 10.3 Å². The molecule has 1 aromatic rings. The van der Waals surface area contributed by atoms with Crippen LogP contribution in [0.25, 0.3) is 0 Å². The number of carbonyl (C=O) groups excluding carboxylic acids is 1. The molecule has 21 heavy (non-hydrogen) atoms. The molecule has 1 amide bonds. The van der Waals surface area contributed by atoms with Crippen molar-refractivity contribution in [1.82, 2.24) is 15.2 Å². The zero-order chi connectivity index (χ0) is 15.4. The van der Waals surface area contributed by atoms with E-state index in [1.807, 2.05) is 31.9 Å². The van der Waals surface area contributed by atoms with Gasteiger partial charge in [0.15, 0.2) is 0 Å². The number of hydrogen-bond acceptors (Lipinski definition) is 3. The number of nitrogens with one attached hydrogen (secondary N) is 2. The Morgan fingerprint density at radius 2 is 2.05 bits per heavy atom. The van der Waals surface area contributed by atoms with E-state index in [-0.39, 0.29) is 11.5 Å². The fraction of sp³-hybridized carbons (Fsp3) is 0.625. The van der Waals surface area contributed by atoms with Gasteiger partial charge >= 0.3 is 0 Å². The van der Waals surface area contributed by atoms with Crippen LogP contribution in [0, 0.1) is 19.8 Å². The van der Waals surface area contributed by atoms with E-state index in [4.69, 9.17) is 0 Å². The van der Waals surface area contributed by atoms with Gasteiger partial charge in [-0.15, -0.1) is 0 Å². The van der Waals surface area contributed by atoms with Crippen molar-refractivity contribution in [2.75, 3.05) is 26.7 Å². The molecule has 5 heteroatoms. The van der Waals surface area contributed by atoms with Gasteiger partial charge in [-0.3, -0.25) is 9.59 Å². The third-order valence-corrected chi connectivity index (χ3v) is 4.28. The smallest absolute Gasteiger partial charge is 0.261 e. The van der Waals surface area contributed by atoms with E-state index < -0.39 is 0 Å². The number of piperidine rings is 1. The highest BCUT2D eigenvalue weighted by Crippen LogP contribution is 2.21. The lowest BCUT2D eigenvalue weighted by atomic mass is 9.93. The lowest BCUT2D eigenvalue weighted by molar-refractivity contribution is 0.0684. The van der Waals surface area contributed by atoms with E-state index in [0.29, 0.717) is 11.5 Å². The van der Waals surface area contributed by atoms with Crippen LogP contribution in [0.4, 0.5) is 0 Å². The predicted octanol–water partition coefficient (Wildman–Crippen LogP) is 1.45. The van der Waals surface area contributed by atoms with E-state index in [9.17, 15) is 9.59 Å². The van der Waals surface area contributed by atoms with Crippen LogP contribution < -0.4 is 10.9 Å². The van der Waals surface area contributed by atoms with Crippen molar-refractivity contribution in [3.05, 3.63) is 33.2 Å². The van der Waals surface area contributed by atoms with Crippen molar-refractivity contribution in [3.63, 3.8) is 0 Å². The Morgan fingerprint density at radius 3 is 2.62 bits per heavy atom. The van der Waals surface area contributed by atoms with Crippen molar-refractivity contribution in [3.8, 4) is 0 Å². The first kappa shape index (κ1) is 15.8. The zero-order valence-electron chi connectivity index (χ0n) is 13.2. The third kappa shape index (κ3) is 3.73. The molecule has 5 nitrogen and oxygen atoms in total. The Kier molecular flexibility index (Phi) is 5.17. The van der Waals surface area contributed by atoms with Crippen LogP contribution in [-0.4, -0.2) is 42.5 Å². The van der Waals surface area contributed by atoms with Gasteiger partial charge in [-0.2, -0.15) is 0 Å². The van der Waals surface area contributed by atoms with Crippen LogP contribution >= 0.6 is 0 Å². The molecule has 0 unspecified atom stereocenters. The molecule has 1 saturated heterocycles. The van der Waals surface area contributed by atoms with Gasteiger partial charge in [0, 0.05) is 18.8 Å². The zero-order valence-corrected chi connectivity index (χ0v) is 13.2. The molecule has 0 spiro atoms. The summed E-state index contributed by atoms with van der Waals surface area (Å²) in [7, 11) is 1.96. The molecule has 1 aliphatic heterocycles. The number of aromatic amines is 1. The van der Waals surface area contributed by atoms with Gasteiger partial charge < -0.3 is 15.2 Å². The predicted molar refractivity (Wildman–Crippen MR) is 83.7 cm³/mol. The van der Waals surface area contributed by atoms with Crippen molar-refractivity contribution in [2.24, 2.45) is 5.92 Å². The molecule has 116 valence electrons. The summed E-state index contributed by atoms with van der Waals surface area (Å²) in [6.45, 7) is 6.18. The van der Waals surface area contributed by atoms with E-state index in [1.165, 1.54) is 0 Å². The van der Waals surface area contributed by atoms with E-state index in [1.54, 1.807) is 0 Å². The topological polar surface area (TPSA) is 65.2 Å². The van der Waals surface area contributed by atoms with Gasteiger partial charge in [0.2, 0.25) is 0 Å². The average Bonchev–Trinajstić information content (AvgIpc) is 2.44. The summed E-state index contributed by atoms with van der Waals surface area (Å²) in [6, 6.07) is 1.86. The van der Waals surface area contributed by atoms with Gasteiger partial charge in [-0.1, -0.05) is 0 Å². The first-order chi connectivity index (χ1) is 10.0.